The first-order chi connectivity index (χ1) is 12.7. The molecule has 140 valence electrons. The lowest BCUT2D eigenvalue weighted by Crippen LogP contribution is -2.41. The van der Waals surface area contributed by atoms with Gasteiger partial charge in [-0.1, -0.05) is 38.2 Å². The fourth-order valence-corrected chi connectivity index (χ4v) is 4.78. The molecular formula is C21H29N3O2. The lowest BCUT2D eigenvalue weighted by atomic mass is 9.87. The fourth-order valence-electron chi connectivity index (χ4n) is 4.78. The molecule has 2 heterocycles. The molecule has 5 nitrogen and oxygen atoms in total. The van der Waals surface area contributed by atoms with Crippen LogP contribution in [0.4, 0.5) is 0 Å². The summed E-state index contributed by atoms with van der Waals surface area (Å²) >= 11 is 0. The quantitative estimate of drug-likeness (QED) is 0.810. The molecule has 1 aromatic heterocycles. The average Bonchev–Trinajstić information content (AvgIpc) is 2.62. The molecule has 0 amide bonds. The number of H-pyrrole nitrogens is 2. The van der Waals surface area contributed by atoms with Gasteiger partial charge < -0.3 is 14.9 Å². The van der Waals surface area contributed by atoms with Crippen molar-refractivity contribution < 1.29 is 0 Å². The predicted molar refractivity (Wildman–Crippen MR) is 105 cm³/mol. The topological polar surface area (TPSA) is 69.0 Å². The van der Waals surface area contributed by atoms with Crippen LogP contribution < -0.4 is 11.1 Å². The van der Waals surface area contributed by atoms with E-state index >= 15 is 0 Å². The Morgan fingerprint density at radius 3 is 2.08 bits per heavy atom. The second-order valence-electron chi connectivity index (χ2n) is 8.02. The number of hydrogen-bond acceptors (Lipinski definition) is 3. The molecule has 4 rings (SSSR count). The van der Waals surface area contributed by atoms with Crippen molar-refractivity contribution in [3.05, 3.63) is 44.5 Å². The number of benzene rings is 1. The van der Waals surface area contributed by atoms with E-state index in [4.69, 9.17) is 0 Å². The number of piperidine rings is 1. The number of nitrogens with one attached hydrogen (secondary N) is 2. The zero-order valence-corrected chi connectivity index (χ0v) is 15.4. The lowest BCUT2D eigenvalue weighted by molar-refractivity contribution is 0.129. The molecule has 1 aliphatic carbocycles. The van der Waals surface area contributed by atoms with Gasteiger partial charge in [-0.3, -0.25) is 9.59 Å². The third-order valence-electron chi connectivity index (χ3n) is 6.34. The van der Waals surface area contributed by atoms with Gasteiger partial charge in [0.2, 0.25) is 0 Å². The van der Waals surface area contributed by atoms with Crippen LogP contribution in [0.5, 0.6) is 0 Å². The zero-order chi connectivity index (χ0) is 17.9. The minimum atomic E-state index is -0.585. The summed E-state index contributed by atoms with van der Waals surface area (Å²) in [5.41, 5.74) is 1.55. The van der Waals surface area contributed by atoms with Crippen LogP contribution >= 0.6 is 0 Å². The van der Waals surface area contributed by atoms with Crippen LogP contribution in [0.2, 0.25) is 0 Å². The van der Waals surface area contributed by atoms with Gasteiger partial charge in [0.15, 0.2) is 0 Å². The van der Waals surface area contributed by atoms with Gasteiger partial charge in [-0.15, -0.1) is 0 Å². The standard InChI is InChI=1S/C21H29N3O2/c25-20-21(26)23-19-14-16(8-9-18(19)22-20)15-10-12-24(13-11-15)17-6-4-2-1-3-5-7-17/h8-9,14-15,17H,1-7,10-13H2,(H,22,25)(H,23,26). The molecule has 5 heteroatoms. The number of nitrogens with zero attached hydrogens (tertiary/aromatic N) is 1. The monoisotopic (exact) mass is 355 g/mol. The first-order valence-corrected chi connectivity index (χ1v) is 10.2. The molecule has 2 aliphatic rings. The van der Waals surface area contributed by atoms with Crippen molar-refractivity contribution in [1.82, 2.24) is 14.9 Å². The summed E-state index contributed by atoms with van der Waals surface area (Å²) in [7, 11) is 0. The Kier molecular flexibility index (Phi) is 5.25. The third-order valence-corrected chi connectivity index (χ3v) is 6.34. The summed E-state index contributed by atoms with van der Waals surface area (Å²) in [6.45, 7) is 2.35. The Balaban J connectivity index is 1.44. The Labute approximate surface area is 153 Å². The summed E-state index contributed by atoms with van der Waals surface area (Å²) in [4.78, 5) is 31.1. The molecule has 1 saturated carbocycles. The van der Waals surface area contributed by atoms with Crippen LogP contribution in [0.15, 0.2) is 27.8 Å². The minimum absolute atomic E-state index is 0.541. The molecule has 2 N–H and O–H groups in total. The van der Waals surface area contributed by atoms with E-state index in [1.165, 1.54) is 76.4 Å². The number of hydrogen-bond donors (Lipinski definition) is 2. The van der Waals surface area contributed by atoms with Crippen molar-refractivity contribution >= 4 is 11.0 Å². The van der Waals surface area contributed by atoms with Gasteiger partial charge in [0.1, 0.15) is 0 Å². The van der Waals surface area contributed by atoms with Crippen molar-refractivity contribution in [2.75, 3.05) is 13.1 Å². The van der Waals surface area contributed by atoms with Gasteiger partial charge >= 0.3 is 11.1 Å². The Hall–Kier alpha value is -1.88. The van der Waals surface area contributed by atoms with Crippen molar-refractivity contribution in [2.45, 2.75) is 69.7 Å². The van der Waals surface area contributed by atoms with Crippen molar-refractivity contribution in [3.8, 4) is 0 Å². The van der Waals surface area contributed by atoms with Gasteiger partial charge in [0, 0.05) is 6.04 Å². The number of aromatic nitrogens is 2. The molecule has 2 aromatic rings. The normalized spacial score (nSPS) is 21.5. The maximum atomic E-state index is 11.6. The summed E-state index contributed by atoms with van der Waals surface area (Å²) in [5.74, 6) is 0.541. The molecule has 1 aliphatic heterocycles. The summed E-state index contributed by atoms with van der Waals surface area (Å²) in [6, 6.07) is 6.85. The number of aromatic amines is 2. The van der Waals surface area contributed by atoms with E-state index in [1.54, 1.807) is 0 Å². The molecule has 1 saturated heterocycles. The lowest BCUT2D eigenvalue weighted by Gasteiger charge is -2.38. The Morgan fingerprint density at radius 1 is 0.769 bits per heavy atom. The summed E-state index contributed by atoms with van der Waals surface area (Å²) < 4.78 is 0. The molecule has 0 bridgehead atoms. The molecule has 0 atom stereocenters. The second kappa shape index (κ2) is 7.78. The maximum Gasteiger partial charge on any atom is 0.314 e. The predicted octanol–water partition coefficient (Wildman–Crippen LogP) is 3.51. The number of fused-ring (bicyclic) bond motifs is 1. The van der Waals surface area contributed by atoms with E-state index in [2.05, 4.69) is 20.9 Å². The minimum Gasteiger partial charge on any atom is -0.316 e. The highest BCUT2D eigenvalue weighted by molar-refractivity contribution is 5.74. The van der Waals surface area contributed by atoms with Gasteiger partial charge in [0.25, 0.3) is 0 Å². The highest BCUT2D eigenvalue weighted by atomic mass is 16.2. The van der Waals surface area contributed by atoms with Crippen LogP contribution in [-0.4, -0.2) is 34.0 Å². The van der Waals surface area contributed by atoms with E-state index in [9.17, 15) is 9.59 Å². The highest BCUT2D eigenvalue weighted by Gasteiger charge is 2.26. The Bertz CT molecular complexity index is 853. The van der Waals surface area contributed by atoms with Crippen LogP contribution in [-0.2, 0) is 0 Å². The van der Waals surface area contributed by atoms with E-state index in [0.29, 0.717) is 11.4 Å². The van der Waals surface area contributed by atoms with E-state index in [1.807, 2.05) is 12.1 Å². The number of likely N-dealkylation sites (tertiary alicyclic amines) is 1. The SMILES string of the molecule is O=c1[nH]c2ccc(C3CCN(C4CCCCCCC4)CC3)cc2[nH]c1=O. The maximum absolute atomic E-state index is 11.6. The van der Waals surface area contributed by atoms with E-state index in [0.717, 1.165) is 11.6 Å². The Morgan fingerprint density at radius 2 is 1.38 bits per heavy atom. The molecule has 0 spiro atoms. The molecular weight excluding hydrogens is 326 g/mol. The van der Waals surface area contributed by atoms with Gasteiger partial charge in [-0.25, -0.2) is 0 Å². The van der Waals surface area contributed by atoms with E-state index in [-0.39, 0.29) is 0 Å². The first-order valence-electron chi connectivity index (χ1n) is 10.2. The van der Waals surface area contributed by atoms with Crippen molar-refractivity contribution in [3.63, 3.8) is 0 Å². The van der Waals surface area contributed by atoms with Gasteiger partial charge in [-0.2, -0.15) is 0 Å². The fraction of sp³-hybridized carbons (Fsp3) is 0.619. The molecule has 1 aromatic carbocycles. The summed E-state index contributed by atoms with van der Waals surface area (Å²) in [6.07, 6.45) is 12.1. The first kappa shape index (κ1) is 17.5. The molecule has 0 unspecified atom stereocenters. The second-order valence-corrected chi connectivity index (χ2v) is 8.02. The van der Waals surface area contributed by atoms with Gasteiger partial charge in [0.05, 0.1) is 11.0 Å². The van der Waals surface area contributed by atoms with Crippen LogP contribution in [0.25, 0.3) is 11.0 Å². The smallest absolute Gasteiger partial charge is 0.314 e. The van der Waals surface area contributed by atoms with Gasteiger partial charge in [-0.05, 0) is 62.4 Å². The van der Waals surface area contributed by atoms with Crippen molar-refractivity contribution in [2.24, 2.45) is 0 Å². The molecule has 0 radical (unpaired) electrons. The van der Waals surface area contributed by atoms with Crippen LogP contribution in [0.1, 0.15) is 69.3 Å². The average molecular weight is 355 g/mol. The van der Waals surface area contributed by atoms with Crippen molar-refractivity contribution in [1.29, 1.82) is 0 Å². The van der Waals surface area contributed by atoms with Crippen LogP contribution in [0, 0.1) is 0 Å². The molecule has 26 heavy (non-hydrogen) atoms. The zero-order valence-electron chi connectivity index (χ0n) is 15.4. The van der Waals surface area contributed by atoms with E-state index < -0.39 is 11.1 Å². The van der Waals surface area contributed by atoms with Crippen LogP contribution in [0.3, 0.4) is 0 Å². The molecule has 2 fully saturated rings. The third kappa shape index (κ3) is 3.78. The summed E-state index contributed by atoms with van der Waals surface area (Å²) in [5, 5.41) is 0. The number of rotatable bonds is 2. The largest absolute Gasteiger partial charge is 0.316 e. The highest BCUT2D eigenvalue weighted by Crippen LogP contribution is 2.32.